The van der Waals surface area contributed by atoms with Crippen LogP contribution in [0, 0.1) is 6.92 Å². The summed E-state index contributed by atoms with van der Waals surface area (Å²) in [7, 11) is 3.19. The average Bonchev–Trinajstić information content (AvgIpc) is 2.49. The maximum Gasteiger partial charge on any atom is 0.161 e. The van der Waals surface area contributed by atoms with Gasteiger partial charge in [0.2, 0.25) is 0 Å². The molecular weight excluding hydrogens is 264 g/mol. The minimum atomic E-state index is -0.287. The molecule has 3 heteroatoms. The van der Waals surface area contributed by atoms with E-state index in [0.717, 1.165) is 11.1 Å². The highest BCUT2D eigenvalue weighted by molar-refractivity contribution is 5.87. The summed E-state index contributed by atoms with van der Waals surface area (Å²) in [5, 5.41) is 0. The summed E-state index contributed by atoms with van der Waals surface area (Å²) < 4.78 is 10.6. The zero-order valence-electron chi connectivity index (χ0n) is 12.8. The van der Waals surface area contributed by atoms with Gasteiger partial charge in [-0.1, -0.05) is 35.9 Å². The van der Waals surface area contributed by atoms with Gasteiger partial charge < -0.3 is 9.47 Å². The van der Waals surface area contributed by atoms with Crippen molar-refractivity contribution in [2.75, 3.05) is 14.2 Å². The molecule has 2 aromatic rings. The fraction of sp³-hybridized carbons (Fsp3) is 0.278. The van der Waals surface area contributed by atoms with E-state index in [4.69, 9.17) is 9.47 Å². The number of Topliss-reactive ketones (excluding diaryl/α,β-unsaturated/α-hetero) is 1. The molecule has 0 bridgehead atoms. The van der Waals surface area contributed by atoms with E-state index in [0.29, 0.717) is 11.5 Å². The third kappa shape index (κ3) is 3.24. The van der Waals surface area contributed by atoms with Crippen molar-refractivity contribution < 1.29 is 14.3 Å². The van der Waals surface area contributed by atoms with Crippen LogP contribution in [0.15, 0.2) is 42.5 Å². The highest BCUT2D eigenvalue weighted by Gasteiger charge is 2.20. The van der Waals surface area contributed by atoms with Gasteiger partial charge in [0, 0.05) is 0 Å². The minimum Gasteiger partial charge on any atom is -0.493 e. The van der Waals surface area contributed by atoms with Gasteiger partial charge in [-0.25, -0.2) is 0 Å². The molecular formula is C18H20O3. The molecule has 2 rings (SSSR count). The Labute approximate surface area is 125 Å². The lowest BCUT2D eigenvalue weighted by atomic mass is 9.87. The molecule has 0 saturated carbocycles. The number of ketones is 1. The molecule has 110 valence electrons. The van der Waals surface area contributed by atoms with Crippen molar-refractivity contribution in [2.45, 2.75) is 19.8 Å². The van der Waals surface area contributed by atoms with E-state index in [-0.39, 0.29) is 11.7 Å². The van der Waals surface area contributed by atoms with Crippen molar-refractivity contribution in [3.8, 4) is 11.5 Å². The molecule has 0 fully saturated rings. The molecule has 0 N–H and O–H groups in total. The van der Waals surface area contributed by atoms with Crippen molar-refractivity contribution >= 4 is 5.78 Å². The van der Waals surface area contributed by atoms with E-state index in [1.54, 1.807) is 21.1 Å². The van der Waals surface area contributed by atoms with Crippen LogP contribution in [0.1, 0.15) is 29.5 Å². The number of hydrogen-bond acceptors (Lipinski definition) is 3. The second kappa shape index (κ2) is 6.44. The van der Waals surface area contributed by atoms with Crippen LogP contribution in [0.25, 0.3) is 0 Å². The fourth-order valence-electron chi connectivity index (χ4n) is 2.45. The Bertz CT molecular complexity index is 629. The Balaban J connectivity index is 2.48. The van der Waals surface area contributed by atoms with Gasteiger partial charge in [0.25, 0.3) is 0 Å². The van der Waals surface area contributed by atoms with E-state index < -0.39 is 0 Å². The van der Waals surface area contributed by atoms with Crippen LogP contribution in [0.2, 0.25) is 0 Å². The van der Waals surface area contributed by atoms with Gasteiger partial charge in [-0.3, -0.25) is 4.79 Å². The van der Waals surface area contributed by atoms with Gasteiger partial charge in [0.15, 0.2) is 11.5 Å². The number of rotatable bonds is 5. The second-order valence-corrected chi connectivity index (χ2v) is 5.07. The molecule has 0 spiro atoms. The predicted octanol–water partition coefficient (Wildman–Crippen LogP) is 3.73. The largest absolute Gasteiger partial charge is 0.493 e. The number of carbonyl (C=O) groups excluding carboxylic acids is 1. The van der Waals surface area contributed by atoms with Gasteiger partial charge >= 0.3 is 0 Å². The van der Waals surface area contributed by atoms with Crippen LogP contribution in [-0.2, 0) is 4.79 Å². The minimum absolute atomic E-state index is 0.103. The van der Waals surface area contributed by atoms with Gasteiger partial charge in [-0.2, -0.15) is 0 Å². The zero-order chi connectivity index (χ0) is 15.4. The lowest BCUT2D eigenvalue weighted by molar-refractivity contribution is -0.117. The van der Waals surface area contributed by atoms with Gasteiger partial charge in [-0.15, -0.1) is 0 Å². The molecule has 1 atom stereocenters. The standard InChI is InChI=1S/C18H20O3/c1-12-5-7-14(8-6-12)18(13(2)19)15-9-10-16(20-3)17(11-15)21-4/h5-11,18H,1-4H3. The first-order chi connectivity index (χ1) is 10.1. The molecule has 0 radical (unpaired) electrons. The number of carbonyl (C=O) groups is 1. The summed E-state index contributed by atoms with van der Waals surface area (Å²) in [6.07, 6.45) is 0. The number of aryl methyl sites for hydroxylation is 1. The Hall–Kier alpha value is -2.29. The van der Waals surface area contributed by atoms with Gasteiger partial charge in [0.05, 0.1) is 20.1 Å². The van der Waals surface area contributed by atoms with Crippen molar-refractivity contribution in [3.63, 3.8) is 0 Å². The maximum absolute atomic E-state index is 12.1. The Morgan fingerprint density at radius 2 is 1.48 bits per heavy atom. The summed E-state index contributed by atoms with van der Waals surface area (Å²) in [6.45, 7) is 3.64. The summed E-state index contributed by atoms with van der Waals surface area (Å²) in [5.74, 6) is 1.11. The zero-order valence-corrected chi connectivity index (χ0v) is 12.8. The summed E-state index contributed by atoms with van der Waals surface area (Å²) in [6, 6.07) is 13.6. The maximum atomic E-state index is 12.1. The van der Waals surface area contributed by atoms with E-state index in [9.17, 15) is 4.79 Å². The summed E-state index contributed by atoms with van der Waals surface area (Å²) >= 11 is 0. The van der Waals surface area contributed by atoms with Crippen molar-refractivity contribution in [3.05, 3.63) is 59.2 Å². The molecule has 2 aromatic carbocycles. The SMILES string of the molecule is COc1ccc(C(C(C)=O)c2ccc(C)cc2)cc1OC. The van der Waals surface area contributed by atoms with Gasteiger partial charge in [0.1, 0.15) is 5.78 Å². The molecule has 0 aliphatic heterocycles. The highest BCUT2D eigenvalue weighted by Crippen LogP contribution is 2.33. The molecule has 0 aliphatic rings. The Kier molecular flexibility index (Phi) is 4.63. The molecule has 0 aliphatic carbocycles. The van der Waals surface area contributed by atoms with Crippen LogP contribution in [0.4, 0.5) is 0 Å². The van der Waals surface area contributed by atoms with E-state index in [1.165, 1.54) is 5.56 Å². The van der Waals surface area contributed by atoms with Crippen molar-refractivity contribution in [2.24, 2.45) is 0 Å². The van der Waals surface area contributed by atoms with Crippen LogP contribution < -0.4 is 9.47 Å². The lowest BCUT2D eigenvalue weighted by Crippen LogP contribution is -2.11. The summed E-state index contributed by atoms with van der Waals surface area (Å²) in [4.78, 5) is 12.1. The van der Waals surface area contributed by atoms with Crippen LogP contribution in [-0.4, -0.2) is 20.0 Å². The number of methoxy groups -OCH3 is 2. The average molecular weight is 284 g/mol. The Morgan fingerprint density at radius 1 is 0.905 bits per heavy atom. The lowest BCUT2D eigenvalue weighted by Gasteiger charge is -2.17. The third-order valence-corrected chi connectivity index (χ3v) is 3.56. The normalized spacial score (nSPS) is 11.8. The van der Waals surface area contributed by atoms with Crippen LogP contribution in [0.5, 0.6) is 11.5 Å². The monoisotopic (exact) mass is 284 g/mol. The van der Waals surface area contributed by atoms with Gasteiger partial charge in [-0.05, 0) is 37.1 Å². The van der Waals surface area contributed by atoms with Crippen LogP contribution in [0.3, 0.4) is 0 Å². The number of hydrogen-bond donors (Lipinski definition) is 0. The first kappa shape index (κ1) is 15.1. The molecule has 0 saturated heterocycles. The van der Waals surface area contributed by atoms with E-state index >= 15 is 0 Å². The first-order valence-corrected chi connectivity index (χ1v) is 6.85. The molecule has 21 heavy (non-hydrogen) atoms. The topological polar surface area (TPSA) is 35.5 Å². The smallest absolute Gasteiger partial charge is 0.161 e. The van der Waals surface area contributed by atoms with Crippen molar-refractivity contribution in [1.29, 1.82) is 0 Å². The second-order valence-electron chi connectivity index (χ2n) is 5.07. The molecule has 1 unspecified atom stereocenters. The molecule has 3 nitrogen and oxygen atoms in total. The first-order valence-electron chi connectivity index (χ1n) is 6.85. The molecule has 0 aromatic heterocycles. The summed E-state index contributed by atoms with van der Waals surface area (Å²) in [5.41, 5.74) is 3.07. The Morgan fingerprint density at radius 3 is 2.00 bits per heavy atom. The number of benzene rings is 2. The van der Waals surface area contributed by atoms with Crippen LogP contribution >= 0.6 is 0 Å². The predicted molar refractivity (Wildman–Crippen MR) is 83.2 cm³/mol. The highest BCUT2D eigenvalue weighted by atomic mass is 16.5. The molecule has 0 amide bonds. The van der Waals surface area contributed by atoms with Crippen molar-refractivity contribution in [1.82, 2.24) is 0 Å². The van der Waals surface area contributed by atoms with E-state index in [2.05, 4.69) is 0 Å². The number of ether oxygens (including phenoxy) is 2. The molecule has 0 heterocycles. The van der Waals surface area contributed by atoms with E-state index in [1.807, 2.05) is 49.4 Å². The third-order valence-electron chi connectivity index (χ3n) is 3.56. The fourth-order valence-corrected chi connectivity index (χ4v) is 2.45. The quantitative estimate of drug-likeness (QED) is 0.839.